The standard InChI is InChI=1S/C20H27N5O2/c1-24-18(22-23-19(24)16-8-5-9-16)12-21-20(26)17-14-25(10-11-27-17)13-15-6-3-2-4-7-15/h2-4,6-7,16-17H,5,8-14H2,1H3,(H,21,26). The molecule has 27 heavy (non-hydrogen) atoms. The number of nitrogens with zero attached hydrogens (tertiary/aromatic N) is 4. The van der Waals surface area contributed by atoms with Gasteiger partial charge in [-0.3, -0.25) is 9.69 Å². The molecule has 1 aromatic heterocycles. The first-order valence-corrected chi connectivity index (χ1v) is 9.74. The molecule has 1 aliphatic heterocycles. The highest BCUT2D eigenvalue weighted by Crippen LogP contribution is 2.35. The summed E-state index contributed by atoms with van der Waals surface area (Å²) in [6.07, 6.45) is 3.20. The molecule has 1 saturated heterocycles. The molecule has 1 amide bonds. The number of aromatic nitrogens is 3. The Morgan fingerprint density at radius 3 is 2.81 bits per heavy atom. The van der Waals surface area contributed by atoms with Crippen molar-refractivity contribution in [2.45, 2.75) is 44.4 Å². The molecule has 0 radical (unpaired) electrons. The summed E-state index contributed by atoms with van der Waals surface area (Å²) in [5.41, 5.74) is 1.25. The number of ether oxygens (including phenoxy) is 1. The molecule has 0 bridgehead atoms. The van der Waals surface area contributed by atoms with Crippen LogP contribution in [-0.2, 0) is 29.7 Å². The summed E-state index contributed by atoms with van der Waals surface area (Å²) in [6, 6.07) is 10.3. The minimum absolute atomic E-state index is 0.0824. The summed E-state index contributed by atoms with van der Waals surface area (Å²) in [5.74, 6) is 2.27. The van der Waals surface area contributed by atoms with Crippen LogP contribution in [0, 0.1) is 0 Å². The molecule has 1 aliphatic carbocycles. The molecule has 4 rings (SSSR count). The summed E-state index contributed by atoms with van der Waals surface area (Å²) in [4.78, 5) is 14.8. The van der Waals surface area contributed by atoms with E-state index < -0.39 is 6.10 Å². The monoisotopic (exact) mass is 369 g/mol. The molecule has 2 fully saturated rings. The average Bonchev–Trinajstić information content (AvgIpc) is 3.00. The van der Waals surface area contributed by atoms with Crippen molar-refractivity contribution in [2.24, 2.45) is 7.05 Å². The second-order valence-corrected chi connectivity index (χ2v) is 7.46. The number of benzene rings is 1. The predicted octanol–water partition coefficient (Wildman–Crippen LogP) is 1.60. The Labute approximate surface area is 159 Å². The molecule has 2 aliphatic rings. The molecule has 1 atom stereocenters. The lowest BCUT2D eigenvalue weighted by Gasteiger charge is -2.32. The fraction of sp³-hybridized carbons (Fsp3) is 0.550. The van der Waals surface area contributed by atoms with Gasteiger partial charge in [-0.05, 0) is 18.4 Å². The van der Waals surface area contributed by atoms with E-state index in [1.54, 1.807) is 0 Å². The number of rotatable bonds is 6. The second-order valence-electron chi connectivity index (χ2n) is 7.46. The van der Waals surface area contributed by atoms with Gasteiger partial charge in [0.2, 0.25) is 0 Å². The number of hydrogen-bond acceptors (Lipinski definition) is 5. The largest absolute Gasteiger partial charge is 0.366 e. The lowest BCUT2D eigenvalue weighted by molar-refractivity contribution is -0.139. The molecule has 7 nitrogen and oxygen atoms in total. The maximum Gasteiger partial charge on any atom is 0.250 e. The van der Waals surface area contributed by atoms with E-state index in [-0.39, 0.29) is 5.91 Å². The summed E-state index contributed by atoms with van der Waals surface area (Å²) in [5, 5.41) is 11.5. The average molecular weight is 369 g/mol. The number of morpholine rings is 1. The maximum atomic E-state index is 12.6. The first kappa shape index (κ1) is 18.1. The fourth-order valence-electron chi connectivity index (χ4n) is 3.68. The van der Waals surface area contributed by atoms with E-state index in [0.717, 1.165) is 24.7 Å². The fourth-order valence-corrected chi connectivity index (χ4v) is 3.68. The van der Waals surface area contributed by atoms with Gasteiger partial charge in [-0.1, -0.05) is 36.8 Å². The minimum atomic E-state index is -0.443. The zero-order chi connectivity index (χ0) is 18.6. The van der Waals surface area contributed by atoms with E-state index in [9.17, 15) is 4.79 Å². The molecule has 1 aromatic carbocycles. The van der Waals surface area contributed by atoms with Crippen LogP contribution in [0.5, 0.6) is 0 Å². The maximum absolute atomic E-state index is 12.6. The smallest absolute Gasteiger partial charge is 0.250 e. The summed E-state index contributed by atoms with van der Waals surface area (Å²) >= 11 is 0. The molecule has 2 aromatic rings. The van der Waals surface area contributed by atoms with Gasteiger partial charge in [-0.2, -0.15) is 0 Å². The summed E-state index contributed by atoms with van der Waals surface area (Å²) in [7, 11) is 1.98. The highest BCUT2D eigenvalue weighted by atomic mass is 16.5. The Balaban J connectivity index is 1.29. The molecule has 1 N–H and O–H groups in total. The SMILES string of the molecule is Cn1c(CNC(=O)C2CN(Cc3ccccc3)CCO2)nnc1C1CCC1. The van der Waals surface area contributed by atoms with Crippen molar-refractivity contribution in [1.29, 1.82) is 0 Å². The summed E-state index contributed by atoms with van der Waals surface area (Å²) < 4.78 is 7.72. The van der Waals surface area contributed by atoms with Gasteiger partial charge in [0.05, 0.1) is 13.2 Å². The van der Waals surface area contributed by atoms with Gasteiger partial charge in [-0.15, -0.1) is 10.2 Å². The van der Waals surface area contributed by atoms with Gasteiger partial charge >= 0.3 is 0 Å². The van der Waals surface area contributed by atoms with E-state index in [4.69, 9.17) is 4.74 Å². The number of amides is 1. The van der Waals surface area contributed by atoms with E-state index in [1.165, 1.54) is 24.8 Å². The molecule has 1 unspecified atom stereocenters. The zero-order valence-corrected chi connectivity index (χ0v) is 15.8. The van der Waals surface area contributed by atoms with Gasteiger partial charge in [0.25, 0.3) is 5.91 Å². The van der Waals surface area contributed by atoms with E-state index in [0.29, 0.717) is 25.6 Å². The second kappa shape index (κ2) is 8.19. The van der Waals surface area contributed by atoms with Crippen molar-refractivity contribution in [3.8, 4) is 0 Å². The van der Waals surface area contributed by atoms with Crippen LogP contribution in [0.2, 0.25) is 0 Å². The Kier molecular flexibility index (Phi) is 5.50. The van der Waals surface area contributed by atoms with Crippen LogP contribution < -0.4 is 5.32 Å². The lowest BCUT2D eigenvalue weighted by atomic mass is 9.85. The number of hydrogen-bond donors (Lipinski definition) is 1. The van der Waals surface area contributed by atoms with Crippen LogP contribution in [0.15, 0.2) is 30.3 Å². The zero-order valence-electron chi connectivity index (χ0n) is 15.8. The molecule has 2 heterocycles. The van der Waals surface area contributed by atoms with Gasteiger partial charge in [0.15, 0.2) is 5.82 Å². The van der Waals surface area contributed by atoms with Gasteiger partial charge in [-0.25, -0.2) is 0 Å². The molecule has 144 valence electrons. The van der Waals surface area contributed by atoms with Crippen LogP contribution in [0.4, 0.5) is 0 Å². The van der Waals surface area contributed by atoms with Crippen molar-refractivity contribution >= 4 is 5.91 Å². The Morgan fingerprint density at radius 1 is 1.26 bits per heavy atom. The first-order chi connectivity index (χ1) is 13.2. The van der Waals surface area contributed by atoms with Gasteiger partial charge in [0, 0.05) is 32.6 Å². The molecule has 0 spiro atoms. The van der Waals surface area contributed by atoms with Crippen molar-refractivity contribution in [2.75, 3.05) is 19.7 Å². The van der Waals surface area contributed by atoms with Gasteiger partial charge in [0.1, 0.15) is 11.9 Å². The quantitative estimate of drug-likeness (QED) is 0.837. The van der Waals surface area contributed by atoms with Gasteiger partial charge < -0.3 is 14.6 Å². The Morgan fingerprint density at radius 2 is 2.07 bits per heavy atom. The third kappa shape index (κ3) is 4.20. The van der Waals surface area contributed by atoms with E-state index in [1.807, 2.05) is 29.8 Å². The number of carbonyl (C=O) groups excluding carboxylic acids is 1. The normalized spacial score (nSPS) is 21.0. The molecule has 7 heteroatoms. The lowest BCUT2D eigenvalue weighted by Crippen LogP contribution is -2.49. The molecular weight excluding hydrogens is 342 g/mol. The van der Waals surface area contributed by atoms with Crippen molar-refractivity contribution in [1.82, 2.24) is 25.0 Å². The third-order valence-corrected chi connectivity index (χ3v) is 5.58. The van der Waals surface area contributed by atoms with E-state index in [2.05, 4.69) is 32.5 Å². The topological polar surface area (TPSA) is 72.3 Å². The summed E-state index contributed by atoms with van der Waals surface area (Å²) in [6.45, 7) is 3.23. The highest BCUT2D eigenvalue weighted by Gasteiger charge is 2.28. The van der Waals surface area contributed by atoms with Crippen LogP contribution in [-0.4, -0.2) is 51.4 Å². The van der Waals surface area contributed by atoms with Crippen molar-refractivity contribution in [3.05, 3.63) is 47.5 Å². The number of nitrogens with one attached hydrogen (secondary N) is 1. The predicted molar refractivity (Wildman–Crippen MR) is 101 cm³/mol. The van der Waals surface area contributed by atoms with Crippen LogP contribution in [0.1, 0.15) is 42.4 Å². The van der Waals surface area contributed by atoms with Crippen LogP contribution >= 0.6 is 0 Å². The minimum Gasteiger partial charge on any atom is -0.366 e. The Bertz CT molecular complexity index is 772. The van der Waals surface area contributed by atoms with Crippen LogP contribution in [0.3, 0.4) is 0 Å². The highest BCUT2D eigenvalue weighted by molar-refractivity contribution is 5.81. The van der Waals surface area contributed by atoms with Crippen molar-refractivity contribution < 1.29 is 9.53 Å². The molecular formula is C20H27N5O2. The van der Waals surface area contributed by atoms with E-state index >= 15 is 0 Å². The number of carbonyl (C=O) groups is 1. The first-order valence-electron chi connectivity index (χ1n) is 9.74. The van der Waals surface area contributed by atoms with Crippen LogP contribution in [0.25, 0.3) is 0 Å². The van der Waals surface area contributed by atoms with Crippen molar-refractivity contribution in [3.63, 3.8) is 0 Å². The third-order valence-electron chi connectivity index (χ3n) is 5.58. The Hall–Kier alpha value is -2.25. The molecule has 1 saturated carbocycles.